The van der Waals surface area contributed by atoms with Crippen LogP contribution < -0.4 is 10.6 Å². The molecular formula is C20H18FN3O2S. The molecule has 0 aliphatic rings. The monoisotopic (exact) mass is 383 g/mol. The molecule has 2 aromatic carbocycles. The van der Waals surface area contributed by atoms with Gasteiger partial charge in [-0.25, -0.2) is 9.37 Å². The van der Waals surface area contributed by atoms with Gasteiger partial charge in [-0.2, -0.15) is 0 Å². The summed E-state index contributed by atoms with van der Waals surface area (Å²) in [5.74, 6) is -1.28. The van der Waals surface area contributed by atoms with E-state index in [4.69, 9.17) is 0 Å². The van der Waals surface area contributed by atoms with Gasteiger partial charge in [0, 0.05) is 19.0 Å². The standard InChI is InChI=1S/C20H18FN3O2S/c1-12-19(27-18(22-12)10-14-6-4-3-5-7-14)20(26)24-17-11-15(23-13(2)25)8-9-16(17)21/h3-9,11H,10H2,1-2H3,(H,23,25)(H,24,26). The Kier molecular flexibility index (Phi) is 5.61. The molecule has 0 bridgehead atoms. The van der Waals surface area contributed by atoms with E-state index in [-0.39, 0.29) is 11.6 Å². The first-order chi connectivity index (χ1) is 12.9. The first-order valence-corrected chi connectivity index (χ1v) is 9.13. The van der Waals surface area contributed by atoms with Gasteiger partial charge in [0.2, 0.25) is 5.91 Å². The minimum Gasteiger partial charge on any atom is -0.326 e. The average Bonchev–Trinajstić information content (AvgIpc) is 2.98. The van der Waals surface area contributed by atoms with Crippen molar-refractivity contribution in [3.8, 4) is 0 Å². The lowest BCUT2D eigenvalue weighted by atomic mass is 10.2. The third-order valence-electron chi connectivity index (χ3n) is 3.78. The number of carbonyl (C=O) groups is 2. The van der Waals surface area contributed by atoms with Crippen molar-refractivity contribution in [2.24, 2.45) is 0 Å². The molecule has 7 heteroatoms. The Balaban J connectivity index is 1.78. The molecule has 0 spiro atoms. The Bertz CT molecular complexity index is 986. The van der Waals surface area contributed by atoms with Crippen LogP contribution in [0.1, 0.15) is 32.9 Å². The SMILES string of the molecule is CC(=O)Nc1ccc(F)c(NC(=O)c2sc(Cc3ccccc3)nc2C)c1. The minimum atomic E-state index is -0.580. The largest absolute Gasteiger partial charge is 0.326 e. The van der Waals surface area contributed by atoms with Crippen LogP contribution in [0.4, 0.5) is 15.8 Å². The zero-order valence-electron chi connectivity index (χ0n) is 14.9. The Morgan fingerprint density at radius 2 is 1.85 bits per heavy atom. The number of aryl methyl sites for hydroxylation is 1. The summed E-state index contributed by atoms with van der Waals surface area (Å²) in [6, 6.07) is 13.9. The number of rotatable bonds is 5. The van der Waals surface area contributed by atoms with Gasteiger partial charge in [-0.05, 0) is 30.7 Å². The first-order valence-electron chi connectivity index (χ1n) is 8.31. The molecule has 3 aromatic rings. The highest BCUT2D eigenvalue weighted by atomic mass is 32.1. The maximum Gasteiger partial charge on any atom is 0.267 e. The zero-order valence-corrected chi connectivity index (χ0v) is 15.7. The van der Waals surface area contributed by atoms with Gasteiger partial charge in [-0.15, -0.1) is 11.3 Å². The molecule has 0 saturated heterocycles. The average molecular weight is 383 g/mol. The molecule has 5 nitrogen and oxygen atoms in total. The van der Waals surface area contributed by atoms with Crippen molar-refractivity contribution < 1.29 is 14.0 Å². The minimum absolute atomic E-state index is 0.00339. The number of hydrogen-bond donors (Lipinski definition) is 2. The molecule has 0 saturated carbocycles. The fourth-order valence-electron chi connectivity index (χ4n) is 2.59. The van der Waals surface area contributed by atoms with E-state index in [0.29, 0.717) is 22.7 Å². The number of hydrogen-bond acceptors (Lipinski definition) is 4. The second-order valence-electron chi connectivity index (χ2n) is 6.01. The molecule has 0 aliphatic carbocycles. The van der Waals surface area contributed by atoms with Crippen LogP contribution >= 0.6 is 11.3 Å². The summed E-state index contributed by atoms with van der Waals surface area (Å²) in [7, 11) is 0. The fourth-order valence-corrected chi connectivity index (χ4v) is 3.58. The summed E-state index contributed by atoms with van der Waals surface area (Å²) >= 11 is 1.29. The van der Waals surface area contributed by atoms with Gasteiger partial charge in [0.1, 0.15) is 10.7 Å². The van der Waals surface area contributed by atoms with Crippen molar-refractivity contribution in [2.75, 3.05) is 10.6 Å². The molecule has 0 aliphatic heterocycles. The van der Waals surface area contributed by atoms with E-state index in [1.54, 1.807) is 6.92 Å². The van der Waals surface area contributed by atoms with Gasteiger partial charge >= 0.3 is 0 Å². The van der Waals surface area contributed by atoms with E-state index in [9.17, 15) is 14.0 Å². The van der Waals surface area contributed by atoms with Gasteiger partial charge in [0.15, 0.2) is 0 Å². The van der Waals surface area contributed by atoms with Gasteiger partial charge in [-0.3, -0.25) is 9.59 Å². The quantitative estimate of drug-likeness (QED) is 0.686. The molecular weight excluding hydrogens is 365 g/mol. The van der Waals surface area contributed by atoms with Crippen LogP contribution in [-0.2, 0) is 11.2 Å². The number of thiazole rings is 1. The highest BCUT2D eigenvalue weighted by molar-refractivity contribution is 7.14. The second kappa shape index (κ2) is 8.09. The van der Waals surface area contributed by atoms with Crippen LogP contribution in [0.2, 0.25) is 0 Å². The number of nitrogens with zero attached hydrogens (tertiary/aromatic N) is 1. The second-order valence-corrected chi connectivity index (χ2v) is 7.10. The summed E-state index contributed by atoms with van der Waals surface area (Å²) in [5.41, 5.74) is 2.11. The summed E-state index contributed by atoms with van der Waals surface area (Å²) in [6.07, 6.45) is 0.631. The zero-order chi connectivity index (χ0) is 19.4. The summed E-state index contributed by atoms with van der Waals surface area (Å²) in [4.78, 5) is 28.6. The van der Waals surface area contributed by atoms with E-state index >= 15 is 0 Å². The number of halogens is 1. The van der Waals surface area contributed by atoms with Crippen molar-refractivity contribution in [2.45, 2.75) is 20.3 Å². The number of nitrogens with one attached hydrogen (secondary N) is 2. The van der Waals surface area contributed by atoms with Gasteiger partial charge in [0.05, 0.1) is 16.4 Å². The molecule has 1 heterocycles. The van der Waals surface area contributed by atoms with Crippen LogP contribution in [0, 0.1) is 12.7 Å². The highest BCUT2D eigenvalue weighted by Crippen LogP contribution is 2.24. The number of amides is 2. The van der Waals surface area contributed by atoms with Crippen LogP contribution in [0.5, 0.6) is 0 Å². The van der Waals surface area contributed by atoms with Gasteiger partial charge in [0.25, 0.3) is 5.91 Å². The number of anilines is 2. The van der Waals surface area contributed by atoms with Crippen LogP contribution in [0.25, 0.3) is 0 Å². The van der Waals surface area contributed by atoms with Crippen LogP contribution in [0.15, 0.2) is 48.5 Å². The normalized spacial score (nSPS) is 10.5. The molecule has 2 amide bonds. The molecule has 0 radical (unpaired) electrons. The number of aromatic nitrogens is 1. The number of benzene rings is 2. The van der Waals surface area contributed by atoms with Crippen molar-refractivity contribution in [3.05, 3.63) is 75.5 Å². The van der Waals surface area contributed by atoms with Crippen molar-refractivity contribution in [3.63, 3.8) is 0 Å². The molecule has 2 N–H and O–H groups in total. The molecule has 0 unspecified atom stereocenters. The predicted molar refractivity (Wildman–Crippen MR) is 105 cm³/mol. The number of carbonyl (C=O) groups excluding carboxylic acids is 2. The Morgan fingerprint density at radius 3 is 2.56 bits per heavy atom. The lowest BCUT2D eigenvalue weighted by Crippen LogP contribution is -2.13. The Labute approximate surface area is 160 Å². The molecule has 3 rings (SSSR count). The molecule has 1 aromatic heterocycles. The predicted octanol–water partition coefficient (Wildman–Crippen LogP) is 4.39. The van der Waals surface area contributed by atoms with E-state index in [1.165, 1.54) is 36.5 Å². The van der Waals surface area contributed by atoms with Crippen LogP contribution in [0.3, 0.4) is 0 Å². The molecule has 0 fully saturated rings. The van der Waals surface area contributed by atoms with Crippen molar-refractivity contribution in [1.29, 1.82) is 0 Å². The fraction of sp³-hybridized carbons (Fsp3) is 0.150. The van der Waals surface area contributed by atoms with E-state index in [2.05, 4.69) is 15.6 Å². The first kappa shape index (κ1) is 18.7. The topological polar surface area (TPSA) is 71.1 Å². The summed E-state index contributed by atoms with van der Waals surface area (Å²) in [6.45, 7) is 3.11. The third kappa shape index (κ3) is 4.77. The van der Waals surface area contributed by atoms with E-state index < -0.39 is 11.7 Å². The molecule has 0 atom stereocenters. The van der Waals surface area contributed by atoms with Gasteiger partial charge in [-0.1, -0.05) is 30.3 Å². The smallest absolute Gasteiger partial charge is 0.267 e. The molecule has 27 heavy (non-hydrogen) atoms. The molecule has 138 valence electrons. The van der Waals surface area contributed by atoms with Gasteiger partial charge < -0.3 is 10.6 Å². The van der Waals surface area contributed by atoms with Crippen LogP contribution in [-0.4, -0.2) is 16.8 Å². The Morgan fingerprint density at radius 1 is 1.11 bits per heavy atom. The third-order valence-corrected chi connectivity index (χ3v) is 4.94. The lowest BCUT2D eigenvalue weighted by Gasteiger charge is -2.08. The maximum atomic E-state index is 14.0. The highest BCUT2D eigenvalue weighted by Gasteiger charge is 2.17. The van der Waals surface area contributed by atoms with Crippen molar-refractivity contribution in [1.82, 2.24) is 4.98 Å². The Hall–Kier alpha value is -3.06. The van der Waals surface area contributed by atoms with E-state index in [0.717, 1.165) is 10.6 Å². The maximum absolute atomic E-state index is 14.0. The lowest BCUT2D eigenvalue weighted by molar-refractivity contribution is -0.114. The summed E-state index contributed by atoms with van der Waals surface area (Å²) in [5, 5.41) is 5.94. The van der Waals surface area contributed by atoms with Crippen molar-refractivity contribution >= 4 is 34.5 Å². The summed E-state index contributed by atoms with van der Waals surface area (Å²) < 4.78 is 14.0. The van der Waals surface area contributed by atoms with E-state index in [1.807, 2.05) is 30.3 Å².